The molecule has 0 saturated carbocycles. The number of hydrogen-bond acceptors (Lipinski definition) is 5. The molecule has 1 aliphatic rings. The van der Waals surface area contributed by atoms with Gasteiger partial charge in [0.15, 0.2) is 11.2 Å². The first-order chi connectivity index (χ1) is 13.7. The number of hydrogen-bond donors (Lipinski definition) is 1. The maximum Gasteiger partial charge on any atom is 0.287 e. The number of carbonyl (C=O) groups is 1. The molecule has 0 spiro atoms. The van der Waals surface area contributed by atoms with Gasteiger partial charge in [0.1, 0.15) is 5.58 Å². The molecular formula is C22H22N2O4. The highest BCUT2D eigenvalue weighted by molar-refractivity contribution is 5.93. The van der Waals surface area contributed by atoms with Crippen LogP contribution in [0.4, 0.5) is 0 Å². The van der Waals surface area contributed by atoms with E-state index in [9.17, 15) is 9.59 Å². The van der Waals surface area contributed by atoms with Crippen molar-refractivity contribution in [3.63, 3.8) is 0 Å². The van der Waals surface area contributed by atoms with Gasteiger partial charge in [-0.1, -0.05) is 42.5 Å². The van der Waals surface area contributed by atoms with E-state index in [1.54, 1.807) is 24.3 Å². The lowest BCUT2D eigenvalue weighted by Crippen LogP contribution is -2.43. The SMILES string of the molecule is O=C(NC[C@@H](c1ccccc1)N1CCOCC1)c1cc(=O)c2ccccc2o1. The van der Waals surface area contributed by atoms with Crippen LogP contribution in [-0.2, 0) is 4.74 Å². The summed E-state index contributed by atoms with van der Waals surface area (Å²) < 4.78 is 11.1. The summed E-state index contributed by atoms with van der Waals surface area (Å²) in [4.78, 5) is 27.2. The fourth-order valence-corrected chi connectivity index (χ4v) is 3.51. The monoisotopic (exact) mass is 378 g/mol. The number of nitrogens with zero attached hydrogens (tertiary/aromatic N) is 1. The van der Waals surface area contributed by atoms with E-state index in [4.69, 9.17) is 9.15 Å². The quantitative estimate of drug-likeness (QED) is 0.739. The van der Waals surface area contributed by atoms with Gasteiger partial charge in [0, 0.05) is 25.7 Å². The molecule has 0 radical (unpaired) electrons. The Bertz CT molecular complexity index is 1010. The van der Waals surface area contributed by atoms with Crippen LogP contribution in [0.1, 0.15) is 22.2 Å². The molecule has 1 amide bonds. The minimum Gasteiger partial charge on any atom is -0.451 e. The topological polar surface area (TPSA) is 71.8 Å². The van der Waals surface area contributed by atoms with E-state index >= 15 is 0 Å². The third-order valence-electron chi connectivity index (χ3n) is 4.99. The third kappa shape index (κ3) is 3.98. The number of nitrogens with one attached hydrogen (secondary N) is 1. The van der Waals surface area contributed by atoms with E-state index in [0.717, 1.165) is 18.7 Å². The van der Waals surface area contributed by atoms with Gasteiger partial charge in [-0.3, -0.25) is 14.5 Å². The maximum atomic E-state index is 12.7. The van der Waals surface area contributed by atoms with E-state index in [1.807, 2.05) is 18.2 Å². The van der Waals surface area contributed by atoms with Crippen LogP contribution in [-0.4, -0.2) is 43.7 Å². The standard InChI is InChI=1S/C22H22N2O4/c25-19-14-21(28-20-9-5-4-8-17(19)20)22(26)23-15-18(16-6-2-1-3-7-16)24-10-12-27-13-11-24/h1-9,14,18H,10-13,15H2,(H,23,26)/t18-/m0/s1. The van der Waals surface area contributed by atoms with Crippen molar-refractivity contribution in [2.24, 2.45) is 0 Å². The van der Waals surface area contributed by atoms with Crippen molar-refractivity contribution in [3.05, 3.63) is 82.2 Å². The zero-order valence-electron chi connectivity index (χ0n) is 15.5. The number of rotatable bonds is 5. The molecule has 1 N–H and O–H groups in total. The molecule has 6 nitrogen and oxygen atoms in total. The summed E-state index contributed by atoms with van der Waals surface area (Å²) in [5.74, 6) is -0.366. The van der Waals surface area contributed by atoms with Crippen LogP contribution < -0.4 is 10.7 Å². The number of para-hydroxylation sites is 1. The van der Waals surface area contributed by atoms with E-state index in [0.29, 0.717) is 30.7 Å². The molecule has 6 heteroatoms. The second-order valence-electron chi connectivity index (χ2n) is 6.76. The lowest BCUT2D eigenvalue weighted by atomic mass is 10.0. The van der Waals surface area contributed by atoms with E-state index in [2.05, 4.69) is 22.3 Å². The normalized spacial score (nSPS) is 16.0. The van der Waals surface area contributed by atoms with Crippen LogP contribution in [0.5, 0.6) is 0 Å². The first kappa shape index (κ1) is 18.4. The zero-order valence-corrected chi connectivity index (χ0v) is 15.5. The Balaban J connectivity index is 1.53. The predicted octanol–water partition coefficient (Wildman–Crippen LogP) is 2.60. The highest BCUT2D eigenvalue weighted by Crippen LogP contribution is 2.21. The molecule has 4 rings (SSSR count). The lowest BCUT2D eigenvalue weighted by Gasteiger charge is -2.34. The summed E-state index contributed by atoms with van der Waals surface area (Å²) in [7, 11) is 0. The third-order valence-corrected chi connectivity index (χ3v) is 4.99. The van der Waals surface area contributed by atoms with Gasteiger partial charge in [-0.2, -0.15) is 0 Å². The number of benzene rings is 2. The van der Waals surface area contributed by atoms with Gasteiger partial charge in [-0.15, -0.1) is 0 Å². The summed E-state index contributed by atoms with van der Waals surface area (Å²) in [5.41, 5.74) is 1.32. The van der Waals surface area contributed by atoms with Crippen LogP contribution in [0.3, 0.4) is 0 Å². The molecule has 0 unspecified atom stereocenters. The fraction of sp³-hybridized carbons (Fsp3) is 0.273. The fourth-order valence-electron chi connectivity index (χ4n) is 3.51. The summed E-state index contributed by atoms with van der Waals surface area (Å²) >= 11 is 0. The van der Waals surface area contributed by atoms with Gasteiger partial charge >= 0.3 is 0 Å². The van der Waals surface area contributed by atoms with Crippen LogP contribution >= 0.6 is 0 Å². The molecule has 0 aliphatic carbocycles. The molecular weight excluding hydrogens is 356 g/mol. The highest BCUT2D eigenvalue weighted by Gasteiger charge is 2.23. The Kier molecular flexibility index (Phi) is 5.50. The molecule has 3 aromatic rings. The first-order valence-corrected chi connectivity index (χ1v) is 9.40. The summed E-state index contributed by atoms with van der Waals surface area (Å²) in [5, 5.41) is 3.40. The van der Waals surface area contributed by atoms with Crippen LogP contribution in [0.25, 0.3) is 11.0 Å². The molecule has 1 fully saturated rings. The minimum absolute atomic E-state index is 0.0255. The molecule has 0 bridgehead atoms. The van der Waals surface area contributed by atoms with Crippen LogP contribution in [0.2, 0.25) is 0 Å². The summed E-state index contributed by atoms with van der Waals surface area (Å²) in [6, 6.07) is 18.3. The lowest BCUT2D eigenvalue weighted by molar-refractivity contribution is 0.0161. The predicted molar refractivity (Wildman–Crippen MR) is 106 cm³/mol. The van der Waals surface area contributed by atoms with E-state index in [1.165, 1.54) is 6.07 Å². The molecule has 1 atom stereocenters. The minimum atomic E-state index is -0.392. The number of carbonyl (C=O) groups excluding carboxylic acids is 1. The molecule has 1 saturated heterocycles. The van der Waals surface area contributed by atoms with Crippen molar-refractivity contribution < 1.29 is 13.9 Å². The van der Waals surface area contributed by atoms with Crippen molar-refractivity contribution in [1.29, 1.82) is 0 Å². The Hall–Kier alpha value is -2.96. The number of amides is 1. The zero-order chi connectivity index (χ0) is 19.3. The van der Waals surface area contributed by atoms with Crippen molar-refractivity contribution in [3.8, 4) is 0 Å². The van der Waals surface area contributed by atoms with Crippen molar-refractivity contribution in [1.82, 2.24) is 10.2 Å². The van der Waals surface area contributed by atoms with Gasteiger partial charge in [0.25, 0.3) is 5.91 Å². The number of fused-ring (bicyclic) bond motifs is 1. The van der Waals surface area contributed by atoms with Gasteiger partial charge in [0.2, 0.25) is 0 Å². The Morgan fingerprint density at radius 3 is 2.54 bits per heavy atom. The smallest absolute Gasteiger partial charge is 0.287 e. The van der Waals surface area contributed by atoms with Gasteiger partial charge < -0.3 is 14.5 Å². The van der Waals surface area contributed by atoms with E-state index in [-0.39, 0.29) is 17.2 Å². The number of ether oxygens (including phenoxy) is 1. The summed E-state index contributed by atoms with van der Waals surface area (Å²) in [6.07, 6.45) is 0. The number of morpholine rings is 1. The van der Waals surface area contributed by atoms with Crippen molar-refractivity contribution >= 4 is 16.9 Å². The second kappa shape index (κ2) is 8.37. The molecule has 1 aromatic heterocycles. The van der Waals surface area contributed by atoms with Gasteiger partial charge in [-0.25, -0.2) is 0 Å². The Morgan fingerprint density at radius 2 is 1.75 bits per heavy atom. The summed E-state index contributed by atoms with van der Waals surface area (Å²) in [6.45, 7) is 3.38. The van der Waals surface area contributed by atoms with Gasteiger partial charge in [-0.05, 0) is 17.7 Å². The maximum absolute atomic E-state index is 12.7. The largest absolute Gasteiger partial charge is 0.451 e. The molecule has 28 heavy (non-hydrogen) atoms. The average molecular weight is 378 g/mol. The average Bonchev–Trinajstić information content (AvgIpc) is 2.75. The molecule has 2 heterocycles. The first-order valence-electron chi connectivity index (χ1n) is 9.40. The van der Waals surface area contributed by atoms with E-state index < -0.39 is 5.91 Å². The van der Waals surface area contributed by atoms with Gasteiger partial charge in [0.05, 0.1) is 24.6 Å². The van der Waals surface area contributed by atoms with Crippen molar-refractivity contribution in [2.75, 3.05) is 32.8 Å². The Morgan fingerprint density at radius 1 is 1.04 bits per heavy atom. The molecule has 2 aromatic carbocycles. The van der Waals surface area contributed by atoms with Crippen LogP contribution in [0.15, 0.2) is 69.9 Å². The Labute approximate surface area is 162 Å². The van der Waals surface area contributed by atoms with Crippen LogP contribution in [0, 0.1) is 0 Å². The highest BCUT2D eigenvalue weighted by atomic mass is 16.5. The second-order valence-corrected chi connectivity index (χ2v) is 6.76. The van der Waals surface area contributed by atoms with Crippen molar-refractivity contribution in [2.45, 2.75) is 6.04 Å². The molecule has 144 valence electrons. The molecule has 1 aliphatic heterocycles.